The maximum absolute atomic E-state index is 15.3. The molecular weight excluding hydrogens is 582 g/mol. The average molecular weight is 611 g/mol. The van der Waals surface area contributed by atoms with Gasteiger partial charge in [0.05, 0.1) is 18.2 Å². The highest BCUT2D eigenvalue weighted by molar-refractivity contribution is 7.46. The van der Waals surface area contributed by atoms with E-state index in [4.69, 9.17) is 9.05 Å². The smallest absolute Gasteiger partial charge is 0.360 e. The van der Waals surface area contributed by atoms with E-state index in [0.29, 0.717) is 22.5 Å². The number of phosphoric ester groups is 1. The fraction of sp³-hybridized carbons (Fsp3) is 0.250. The van der Waals surface area contributed by atoms with Crippen LogP contribution >= 0.6 is 7.82 Å². The molecule has 1 aromatic carbocycles. The number of aromatic nitrogens is 5. The third-order valence-corrected chi connectivity index (χ3v) is 7.17. The number of pyridine rings is 2. The summed E-state index contributed by atoms with van der Waals surface area (Å²) in [6, 6.07) is 7.60. The number of nitrogens with one attached hydrogen (secondary N) is 1. The van der Waals surface area contributed by atoms with Gasteiger partial charge in [-0.3, -0.25) is 14.1 Å². The number of fused-ring (bicyclic) bond motifs is 1. The predicted octanol–water partition coefficient (Wildman–Crippen LogP) is 4.23. The second-order valence-electron chi connectivity index (χ2n) is 11.0. The van der Waals surface area contributed by atoms with E-state index in [1.807, 2.05) is 20.8 Å². The molecule has 3 N–H and O–H groups in total. The minimum atomic E-state index is -4.99. The molecule has 43 heavy (non-hydrogen) atoms. The van der Waals surface area contributed by atoms with Crippen molar-refractivity contribution in [2.75, 3.05) is 5.32 Å². The Balaban J connectivity index is 1.71. The lowest BCUT2D eigenvalue weighted by Gasteiger charge is -2.20. The standard InChI is InChI=1S/C28H28FN6O7P/c1-15-8-23(33-42-15)32-22-10-17(13-34(5)26(22)36)19-6-7-30-25(20(19)14-41-43(38,39)40)35-27(37)24-16(12-31-35)9-18(11-21(24)29)28(2,3)4/h6-13H,14H2,1-5H3,(H,32,33)(H2,38,39,40). The second-order valence-corrected chi connectivity index (χ2v) is 12.2. The molecule has 0 atom stereocenters. The molecule has 0 aliphatic heterocycles. The van der Waals surface area contributed by atoms with E-state index in [-0.39, 0.29) is 39.1 Å². The van der Waals surface area contributed by atoms with E-state index in [0.717, 1.165) is 4.68 Å². The van der Waals surface area contributed by atoms with Crippen LogP contribution in [-0.2, 0) is 28.2 Å². The van der Waals surface area contributed by atoms with Crippen molar-refractivity contribution in [2.24, 2.45) is 7.05 Å². The average Bonchev–Trinajstić information content (AvgIpc) is 3.33. The lowest BCUT2D eigenvalue weighted by Crippen LogP contribution is -2.25. The van der Waals surface area contributed by atoms with Crippen molar-refractivity contribution in [3.05, 3.63) is 92.3 Å². The number of halogens is 1. The molecule has 0 bridgehead atoms. The van der Waals surface area contributed by atoms with Crippen LogP contribution in [0.1, 0.15) is 37.7 Å². The van der Waals surface area contributed by atoms with Crippen molar-refractivity contribution in [3.63, 3.8) is 0 Å². The first-order valence-electron chi connectivity index (χ1n) is 12.9. The van der Waals surface area contributed by atoms with Gasteiger partial charge in [0, 0.05) is 42.0 Å². The topological polar surface area (TPSA) is 175 Å². The summed E-state index contributed by atoms with van der Waals surface area (Å²) in [5.41, 5.74) is -0.0702. The Hall–Kier alpha value is -4.49. The minimum absolute atomic E-state index is 0.0494. The predicted molar refractivity (Wildman–Crippen MR) is 156 cm³/mol. The largest absolute Gasteiger partial charge is 0.469 e. The third-order valence-electron chi connectivity index (χ3n) is 6.70. The van der Waals surface area contributed by atoms with Crippen molar-refractivity contribution in [1.29, 1.82) is 0 Å². The zero-order valence-corrected chi connectivity index (χ0v) is 24.7. The highest BCUT2D eigenvalue weighted by atomic mass is 31.2. The first kappa shape index (κ1) is 30.0. The number of nitrogens with zero attached hydrogens (tertiary/aromatic N) is 5. The molecule has 0 saturated carbocycles. The summed E-state index contributed by atoms with van der Waals surface area (Å²) in [4.78, 5) is 49.7. The first-order valence-corrected chi connectivity index (χ1v) is 14.5. The monoisotopic (exact) mass is 610 g/mol. The molecule has 4 aromatic heterocycles. The lowest BCUT2D eigenvalue weighted by atomic mass is 9.86. The molecule has 0 radical (unpaired) electrons. The molecule has 0 spiro atoms. The molecule has 0 aliphatic rings. The van der Waals surface area contributed by atoms with Gasteiger partial charge < -0.3 is 24.2 Å². The minimum Gasteiger partial charge on any atom is -0.360 e. The lowest BCUT2D eigenvalue weighted by molar-refractivity contribution is 0.189. The molecule has 13 nitrogen and oxygen atoms in total. The van der Waals surface area contributed by atoms with Crippen molar-refractivity contribution in [3.8, 4) is 16.9 Å². The van der Waals surface area contributed by atoms with Crippen molar-refractivity contribution in [2.45, 2.75) is 39.7 Å². The maximum Gasteiger partial charge on any atom is 0.469 e. The zero-order chi connectivity index (χ0) is 31.3. The number of hydrogen-bond acceptors (Lipinski definition) is 9. The molecule has 0 fully saturated rings. The molecular formula is C28H28FN6O7P. The van der Waals surface area contributed by atoms with E-state index in [2.05, 4.69) is 20.6 Å². The normalized spacial score (nSPS) is 12.2. The second kappa shape index (κ2) is 11.0. The Kier molecular flexibility index (Phi) is 7.65. The van der Waals surface area contributed by atoms with Crippen molar-refractivity contribution < 1.29 is 27.8 Å². The van der Waals surface area contributed by atoms with Crippen LogP contribution in [-0.4, -0.2) is 34.3 Å². The van der Waals surface area contributed by atoms with E-state index < -0.39 is 31.4 Å². The summed E-state index contributed by atoms with van der Waals surface area (Å²) in [6.07, 6.45) is 4.17. The first-order chi connectivity index (χ1) is 20.1. The van der Waals surface area contributed by atoms with E-state index in [1.165, 1.54) is 48.4 Å². The molecule has 4 heterocycles. The summed E-state index contributed by atoms with van der Waals surface area (Å²) in [6.45, 7) is 6.74. The van der Waals surface area contributed by atoms with Crippen LogP contribution in [0, 0.1) is 12.7 Å². The van der Waals surface area contributed by atoms with Gasteiger partial charge in [0.2, 0.25) is 0 Å². The molecule has 15 heteroatoms. The fourth-order valence-corrected chi connectivity index (χ4v) is 4.85. The quantitative estimate of drug-likeness (QED) is 0.225. The van der Waals surface area contributed by atoms with Crippen molar-refractivity contribution in [1.82, 2.24) is 24.5 Å². The highest BCUT2D eigenvalue weighted by Gasteiger charge is 2.24. The van der Waals surface area contributed by atoms with Gasteiger partial charge in [-0.1, -0.05) is 25.9 Å². The molecule has 0 amide bonds. The molecule has 0 aliphatic carbocycles. The number of benzene rings is 1. The number of rotatable bonds is 7. The van der Waals surface area contributed by atoms with Crippen LogP contribution in [0.25, 0.3) is 27.7 Å². The van der Waals surface area contributed by atoms with Crippen LogP contribution in [0.15, 0.2) is 63.0 Å². The van der Waals surface area contributed by atoms with Gasteiger partial charge in [-0.05, 0) is 47.7 Å². The SMILES string of the molecule is Cc1cc(Nc2cc(-c3ccnc(-n4ncc5cc(C(C)(C)C)cc(F)c5c4=O)c3COP(=O)(O)O)cn(C)c2=O)no1. The van der Waals surface area contributed by atoms with Crippen LogP contribution in [0.5, 0.6) is 0 Å². The van der Waals surface area contributed by atoms with E-state index in [1.54, 1.807) is 19.1 Å². The maximum atomic E-state index is 15.3. The summed E-state index contributed by atoms with van der Waals surface area (Å²) >= 11 is 0. The van der Waals surface area contributed by atoms with Gasteiger partial charge in [-0.15, -0.1) is 0 Å². The fourth-order valence-electron chi connectivity index (χ4n) is 4.55. The number of aryl methyl sites for hydroxylation is 2. The van der Waals surface area contributed by atoms with Gasteiger partial charge >= 0.3 is 7.82 Å². The Morgan fingerprint density at radius 2 is 1.88 bits per heavy atom. The Labute approximate surface area is 243 Å². The van der Waals surface area contributed by atoms with E-state index >= 15 is 4.39 Å². The summed E-state index contributed by atoms with van der Waals surface area (Å²) in [5.74, 6) is -0.0847. The molecule has 0 unspecified atom stereocenters. The van der Waals surface area contributed by atoms with Crippen LogP contribution in [0.2, 0.25) is 0 Å². The summed E-state index contributed by atoms with van der Waals surface area (Å²) < 4.78 is 39.1. The van der Waals surface area contributed by atoms with Crippen LogP contribution in [0.3, 0.4) is 0 Å². The molecule has 5 rings (SSSR count). The number of phosphoric acid groups is 1. The highest BCUT2D eigenvalue weighted by Crippen LogP contribution is 2.39. The summed E-state index contributed by atoms with van der Waals surface area (Å²) in [5, 5.41) is 11.0. The Morgan fingerprint density at radius 1 is 1.14 bits per heavy atom. The van der Waals surface area contributed by atoms with Gasteiger partial charge in [-0.25, -0.2) is 13.9 Å². The van der Waals surface area contributed by atoms with Gasteiger partial charge in [0.1, 0.15) is 17.3 Å². The molecule has 5 aromatic rings. The van der Waals surface area contributed by atoms with Crippen LogP contribution < -0.4 is 16.4 Å². The number of anilines is 2. The third kappa shape index (κ3) is 6.18. The Morgan fingerprint density at radius 3 is 2.53 bits per heavy atom. The van der Waals surface area contributed by atoms with Gasteiger partial charge in [0.15, 0.2) is 11.6 Å². The van der Waals surface area contributed by atoms with Gasteiger partial charge in [-0.2, -0.15) is 9.78 Å². The molecule has 0 saturated heterocycles. The van der Waals surface area contributed by atoms with Crippen LogP contribution in [0.4, 0.5) is 15.9 Å². The van der Waals surface area contributed by atoms with E-state index in [9.17, 15) is 23.9 Å². The van der Waals surface area contributed by atoms with Gasteiger partial charge in [0.25, 0.3) is 11.1 Å². The molecule has 224 valence electrons. The summed E-state index contributed by atoms with van der Waals surface area (Å²) in [7, 11) is -3.47. The number of hydrogen-bond donors (Lipinski definition) is 3. The Bertz CT molecular complexity index is 2040. The van der Waals surface area contributed by atoms with Crippen molar-refractivity contribution >= 4 is 30.1 Å². The zero-order valence-electron chi connectivity index (χ0n) is 23.8.